The van der Waals surface area contributed by atoms with Gasteiger partial charge in [-0.2, -0.15) is 0 Å². The summed E-state index contributed by atoms with van der Waals surface area (Å²) in [6.07, 6.45) is 2.25. The molecule has 19 heavy (non-hydrogen) atoms. The monoisotopic (exact) mass is 283 g/mol. The molecule has 5 heteroatoms. The van der Waals surface area contributed by atoms with Crippen LogP contribution in [0.15, 0.2) is 30.3 Å². The average molecular weight is 284 g/mol. The van der Waals surface area contributed by atoms with E-state index in [1.165, 1.54) is 0 Å². The summed E-state index contributed by atoms with van der Waals surface area (Å²) in [5.41, 5.74) is 6.66. The van der Waals surface area contributed by atoms with Crippen molar-refractivity contribution in [2.75, 3.05) is 31.6 Å². The fourth-order valence-corrected chi connectivity index (χ4v) is 2.45. The van der Waals surface area contributed by atoms with E-state index in [1.807, 2.05) is 37.4 Å². The number of amides is 1. The van der Waals surface area contributed by atoms with Crippen LogP contribution in [0.3, 0.4) is 0 Å². The molecule has 2 N–H and O–H groups in total. The maximum absolute atomic E-state index is 12.2. The van der Waals surface area contributed by atoms with Crippen molar-refractivity contribution < 1.29 is 4.79 Å². The molecule has 0 bridgehead atoms. The molecule has 1 unspecified atom stereocenters. The molecule has 1 fully saturated rings. The van der Waals surface area contributed by atoms with E-state index in [4.69, 9.17) is 5.73 Å². The number of rotatable bonds is 4. The Balaban J connectivity index is 0.00000180. The molecule has 1 heterocycles. The minimum absolute atomic E-state index is 0. The Labute approximate surface area is 121 Å². The number of benzene rings is 1. The third-order valence-electron chi connectivity index (χ3n) is 3.63. The molecule has 0 aromatic heterocycles. The summed E-state index contributed by atoms with van der Waals surface area (Å²) in [6.45, 7) is 2.09. The van der Waals surface area contributed by atoms with Crippen molar-refractivity contribution in [3.8, 4) is 0 Å². The first-order valence-electron chi connectivity index (χ1n) is 6.48. The summed E-state index contributed by atoms with van der Waals surface area (Å²) >= 11 is 0. The minimum atomic E-state index is 0. The van der Waals surface area contributed by atoms with Crippen LogP contribution in [-0.4, -0.2) is 43.5 Å². The number of likely N-dealkylation sites (tertiary alicyclic amines) is 1. The van der Waals surface area contributed by atoms with Gasteiger partial charge in [0, 0.05) is 25.3 Å². The van der Waals surface area contributed by atoms with Gasteiger partial charge in [0.15, 0.2) is 0 Å². The van der Waals surface area contributed by atoms with Gasteiger partial charge in [-0.3, -0.25) is 9.69 Å². The fourth-order valence-electron chi connectivity index (χ4n) is 2.45. The van der Waals surface area contributed by atoms with Crippen molar-refractivity contribution in [1.29, 1.82) is 0 Å². The number of halogens is 1. The highest BCUT2D eigenvalue weighted by molar-refractivity contribution is 5.94. The first-order chi connectivity index (χ1) is 8.72. The first kappa shape index (κ1) is 16.0. The Bertz CT molecular complexity index is 399. The topological polar surface area (TPSA) is 49.6 Å². The molecule has 1 aromatic carbocycles. The van der Waals surface area contributed by atoms with Crippen LogP contribution in [-0.2, 0) is 4.79 Å². The molecule has 1 aromatic rings. The van der Waals surface area contributed by atoms with Crippen LogP contribution in [0.25, 0.3) is 0 Å². The second-order valence-electron chi connectivity index (χ2n) is 4.79. The van der Waals surface area contributed by atoms with Gasteiger partial charge in [-0.05, 0) is 31.5 Å². The molecular formula is C14H22ClN3O. The van der Waals surface area contributed by atoms with Crippen molar-refractivity contribution in [1.82, 2.24) is 4.90 Å². The highest BCUT2D eigenvalue weighted by atomic mass is 35.5. The maximum Gasteiger partial charge on any atom is 0.240 e. The number of hydrogen-bond acceptors (Lipinski definition) is 3. The molecule has 1 atom stereocenters. The van der Waals surface area contributed by atoms with Gasteiger partial charge in [-0.15, -0.1) is 12.4 Å². The van der Waals surface area contributed by atoms with Gasteiger partial charge in [0.05, 0.1) is 6.54 Å². The molecule has 4 nitrogen and oxygen atoms in total. The summed E-state index contributed by atoms with van der Waals surface area (Å²) in [5, 5.41) is 0. The zero-order chi connectivity index (χ0) is 13.0. The smallest absolute Gasteiger partial charge is 0.240 e. The van der Waals surface area contributed by atoms with E-state index in [-0.39, 0.29) is 18.3 Å². The van der Waals surface area contributed by atoms with E-state index in [0.29, 0.717) is 19.1 Å². The van der Waals surface area contributed by atoms with Gasteiger partial charge in [-0.25, -0.2) is 0 Å². The Hall–Kier alpha value is -1.10. The van der Waals surface area contributed by atoms with Crippen LogP contribution < -0.4 is 10.6 Å². The van der Waals surface area contributed by atoms with E-state index in [2.05, 4.69) is 4.90 Å². The molecule has 106 valence electrons. The molecule has 1 saturated heterocycles. The highest BCUT2D eigenvalue weighted by Gasteiger charge is 2.26. The summed E-state index contributed by atoms with van der Waals surface area (Å²) < 4.78 is 0. The van der Waals surface area contributed by atoms with Crippen LogP contribution >= 0.6 is 12.4 Å². The number of nitrogens with zero attached hydrogens (tertiary/aromatic N) is 2. The van der Waals surface area contributed by atoms with E-state index in [1.54, 1.807) is 4.90 Å². The average Bonchev–Trinajstić information content (AvgIpc) is 2.86. The van der Waals surface area contributed by atoms with Crippen LogP contribution in [0.5, 0.6) is 0 Å². The lowest BCUT2D eigenvalue weighted by atomic mass is 10.2. The Kier molecular flexibility index (Phi) is 6.28. The van der Waals surface area contributed by atoms with E-state index < -0.39 is 0 Å². The highest BCUT2D eigenvalue weighted by Crippen LogP contribution is 2.17. The Morgan fingerprint density at radius 1 is 1.42 bits per heavy atom. The summed E-state index contributed by atoms with van der Waals surface area (Å²) in [4.78, 5) is 16.1. The van der Waals surface area contributed by atoms with E-state index in [9.17, 15) is 4.79 Å². The molecule has 1 aliphatic heterocycles. The van der Waals surface area contributed by atoms with Gasteiger partial charge in [-0.1, -0.05) is 18.2 Å². The van der Waals surface area contributed by atoms with Crippen molar-refractivity contribution in [2.45, 2.75) is 18.9 Å². The van der Waals surface area contributed by atoms with Crippen molar-refractivity contribution in [2.24, 2.45) is 5.73 Å². The molecule has 0 radical (unpaired) electrons. The third kappa shape index (κ3) is 3.93. The SMILES string of the molecule is CN(C(=O)CN1CCCC1CN)c1ccccc1.Cl. The lowest BCUT2D eigenvalue weighted by molar-refractivity contribution is -0.119. The second kappa shape index (κ2) is 7.48. The summed E-state index contributed by atoms with van der Waals surface area (Å²) in [6, 6.07) is 10.1. The molecular weight excluding hydrogens is 262 g/mol. The maximum atomic E-state index is 12.2. The predicted octanol–water partition coefficient (Wildman–Crippen LogP) is 1.49. The molecule has 2 rings (SSSR count). The fraction of sp³-hybridized carbons (Fsp3) is 0.500. The number of para-hydroxylation sites is 1. The third-order valence-corrected chi connectivity index (χ3v) is 3.63. The molecule has 0 saturated carbocycles. The molecule has 0 aliphatic carbocycles. The van der Waals surface area contributed by atoms with Crippen molar-refractivity contribution >= 4 is 24.0 Å². The van der Waals surface area contributed by atoms with E-state index >= 15 is 0 Å². The van der Waals surface area contributed by atoms with Gasteiger partial charge in [0.1, 0.15) is 0 Å². The van der Waals surface area contributed by atoms with Gasteiger partial charge < -0.3 is 10.6 Å². The molecule has 1 amide bonds. The number of hydrogen-bond donors (Lipinski definition) is 1. The van der Waals surface area contributed by atoms with Crippen molar-refractivity contribution in [3.63, 3.8) is 0 Å². The summed E-state index contributed by atoms with van der Waals surface area (Å²) in [7, 11) is 1.82. The normalized spacial score (nSPS) is 18.9. The van der Waals surface area contributed by atoms with Gasteiger partial charge >= 0.3 is 0 Å². The van der Waals surface area contributed by atoms with Crippen LogP contribution in [0.2, 0.25) is 0 Å². The van der Waals surface area contributed by atoms with Crippen molar-refractivity contribution in [3.05, 3.63) is 30.3 Å². The number of likely N-dealkylation sites (N-methyl/N-ethyl adjacent to an activating group) is 1. The predicted molar refractivity (Wildman–Crippen MR) is 80.7 cm³/mol. The van der Waals surface area contributed by atoms with Crippen LogP contribution in [0.4, 0.5) is 5.69 Å². The Morgan fingerprint density at radius 3 is 2.74 bits per heavy atom. The lowest BCUT2D eigenvalue weighted by Gasteiger charge is -2.25. The zero-order valence-corrected chi connectivity index (χ0v) is 12.1. The number of carbonyl (C=O) groups excluding carboxylic acids is 1. The number of anilines is 1. The van der Waals surface area contributed by atoms with Crippen LogP contribution in [0.1, 0.15) is 12.8 Å². The summed E-state index contributed by atoms with van der Waals surface area (Å²) in [5.74, 6) is 0.126. The number of nitrogens with two attached hydrogens (primary N) is 1. The largest absolute Gasteiger partial charge is 0.329 e. The second-order valence-corrected chi connectivity index (χ2v) is 4.79. The lowest BCUT2D eigenvalue weighted by Crippen LogP contribution is -2.43. The zero-order valence-electron chi connectivity index (χ0n) is 11.3. The Morgan fingerprint density at radius 2 is 2.11 bits per heavy atom. The number of carbonyl (C=O) groups is 1. The molecule has 1 aliphatic rings. The first-order valence-corrected chi connectivity index (χ1v) is 6.48. The van der Waals surface area contributed by atoms with Crippen LogP contribution in [0, 0.1) is 0 Å². The van der Waals surface area contributed by atoms with Gasteiger partial charge in [0.2, 0.25) is 5.91 Å². The molecule has 0 spiro atoms. The quantitative estimate of drug-likeness (QED) is 0.911. The van der Waals surface area contributed by atoms with Gasteiger partial charge in [0.25, 0.3) is 0 Å². The standard InChI is InChI=1S/C14H21N3O.ClH/c1-16(12-6-3-2-4-7-12)14(18)11-17-9-5-8-13(17)10-15;/h2-4,6-7,13H,5,8-11,15H2,1H3;1H. The minimum Gasteiger partial charge on any atom is -0.329 e. The van der Waals surface area contributed by atoms with E-state index in [0.717, 1.165) is 25.1 Å².